The number of hydrogen-bond acceptors (Lipinski definition) is 2. The normalized spacial score (nSPS) is 11.4. The molecule has 0 bridgehead atoms. The van der Waals surface area contributed by atoms with Crippen LogP contribution in [0.2, 0.25) is 5.15 Å². The lowest BCUT2D eigenvalue weighted by Gasteiger charge is -2.09. The van der Waals surface area contributed by atoms with Crippen molar-refractivity contribution >= 4 is 17.6 Å². The molecule has 0 amide bonds. The first-order valence-electron chi connectivity index (χ1n) is 5.36. The fourth-order valence-electron chi connectivity index (χ4n) is 1.63. The molecule has 0 spiro atoms. The smallest absolute Gasteiger partial charge is 0.416 e. The van der Waals surface area contributed by atoms with Crippen LogP contribution in [0.5, 0.6) is 0 Å². The van der Waals surface area contributed by atoms with Crippen molar-refractivity contribution in [3.8, 4) is 11.1 Å². The molecule has 1 heterocycles. The van der Waals surface area contributed by atoms with Crippen molar-refractivity contribution in [2.45, 2.75) is 6.18 Å². The SMILES string of the molecule is O=C(O)c1ccc(-c2cccc(C(F)(F)F)c2)c(Cl)n1. The third kappa shape index (κ3) is 2.91. The van der Waals surface area contributed by atoms with Crippen LogP contribution in [-0.4, -0.2) is 16.1 Å². The number of halogens is 4. The summed E-state index contributed by atoms with van der Waals surface area (Å²) >= 11 is 5.82. The van der Waals surface area contributed by atoms with Crippen molar-refractivity contribution in [1.82, 2.24) is 4.98 Å². The highest BCUT2D eigenvalue weighted by Gasteiger charge is 2.30. The summed E-state index contributed by atoms with van der Waals surface area (Å²) < 4.78 is 37.9. The maximum Gasteiger partial charge on any atom is 0.416 e. The first-order valence-corrected chi connectivity index (χ1v) is 5.74. The third-order valence-electron chi connectivity index (χ3n) is 2.57. The molecule has 1 aromatic heterocycles. The average Bonchev–Trinajstić information content (AvgIpc) is 2.37. The molecule has 0 saturated heterocycles. The van der Waals surface area contributed by atoms with Gasteiger partial charge in [0.2, 0.25) is 0 Å². The molecule has 104 valence electrons. The Morgan fingerprint density at radius 1 is 1.20 bits per heavy atom. The Kier molecular flexibility index (Phi) is 3.67. The summed E-state index contributed by atoms with van der Waals surface area (Å²) in [6.07, 6.45) is -4.46. The zero-order valence-corrected chi connectivity index (χ0v) is 10.5. The molecule has 1 N–H and O–H groups in total. The lowest BCUT2D eigenvalue weighted by molar-refractivity contribution is -0.137. The van der Waals surface area contributed by atoms with Gasteiger partial charge in [-0.3, -0.25) is 0 Å². The Balaban J connectivity index is 2.49. The quantitative estimate of drug-likeness (QED) is 0.849. The standard InChI is InChI=1S/C13H7ClF3NO2/c14-11-9(4-5-10(18-11)12(19)20)7-2-1-3-8(6-7)13(15,16)17/h1-6H,(H,19,20). The fraction of sp³-hybridized carbons (Fsp3) is 0.0769. The predicted molar refractivity (Wildman–Crippen MR) is 66.6 cm³/mol. The number of hydrogen-bond donors (Lipinski definition) is 1. The summed E-state index contributed by atoms with van der Waals surface area (Å²) in [5.74, 6) is -1.26. The van der Waals surface area contributed by atoms with Gasteiger partial charge in [0, 0.05) is 5.56 Å². The topological polar surface area (TPSA) is 50.2 Å². The molecule has 0 atom stereocenters. The number of carboxylic acid groups (broad SMARTS) is 1. The minimum atomic E-state index is -4.46. The van der Waals surface area contributed by atoms with Crippen LogP contribution in [0.25, 0.3) is 11.1 Å². The Hall–Kier alpha value is -2.08. The van der Waals surface area contributed by atoms with Crippen LogP contribution in [0.15, 0.2) is 36.4 Å². The molecule has 0 radical (unpaired) electrons. The fourth-order valence-corrected chi connectivity index (χ4v) is 1.89. The van der Waals surface area contributed by atoms with Crippen LogP contribution >= 0.6 is 11.6 Å². The molecule has 2 aromatic rings. The van der Waals surface area contributed by atoms with Gasteiger partial charge < -0.3 is 5.11 Å². The second kappa shape index (κ2) is 5.13. The van der Waals surface area contributed by atoms with Gasteiger partial charge in [-0.25, -0.2) is 9.78 Å². The van der Waals surface area contributed by atoms with E-state index >= 15 is 0 Å². The summed E-state index contributed by atoms with van der Waals surface area (Å²) in [6.45, 7) is 0. The van der Waals surface area contributed by atoms with Gasteiger partial charge >= 0.3 is 12.1 Å². The predicted octanol–water partition coefficient (Wildman–Crippen LogP) is 4.12. The second-order valence-electron chi connectivity index (χ2n) is 3.92. The van der Waals surface area contributed by atoms with Crippen molar-refractivity contribution in [2.75, 3.05) is 0 Å². The minimum absolute atomic E-state index is 0.163. The maximum absolute atomic E-state index is 12.6. The number of rotatable bonds is 2. The highest BCUT2D eigenvalue weighted by molar-refractivity contribution is 6.32. The highest BCUT2D eigenvalue weighted by Crippen LogP contribution is 2.33. The Bertz CT molecular complexity index is 671. The highest BCUT2D eigenvalue weighted by atomic mass is 35.5. The molecule has 20 heavy (non-hydrogen) atoms. The van der Waals surface area contributed by atoms with E-state index in [9.17, 15) is 18.0 Å². The van der Waals surface area contributed by atoms with E-state index in [-0.39, 0.29) is 22.0 Å². The van der Waals surface area contributed by atoms with Gasteiger partial charge in [0.25, 0.3) is 0 Å². The molecular weight excluding hydrogens is 295 g/mol. The number of pyridine rings is 1. The maximum atomic E-state index is 12.6. The number of carbonyl (C=O) groups is 1. The van der Waals surface area contributed by atoms with Gasteiger partial charge in [0.15, 0.2) is 0 Å². The van der Waals surface area contributed by atoms with E-state index in [1.54, 1.807) is 0 Å². The third-order valence-corrected chi connectivity index (χ3v) is 2.86. The minimum Gasteiger partial charge on any atom is -0.477 e. The number of benzene rings is 1. The van der Waals surface area contributed by atoms with Crippen LogP contribution < -0.4 is 0 Å². The van der Waals surface area contributed by atoms with E-state index in [0.29, 0.717) is 0 Å². The zero-order chi connectivity index (χ0) is 14.9. The monoisotopic (exact) mass is 301 g/mol. The van der Waals surface area contributed by atoms with E-state index in [4.69, 9.17) is 16.7 Å². The van der Waals surface area contributed by atoms with Gasteiger partial charge in [0.05, 0.1) is 5.56 Å². The summed E-state index contributed by atoms with van der Waals surface area (Å²) in [6, 6.07) is 7.08. The van der Waals surface area contributed by atoms with E-state index in [0.717, 1.165) is 12.1 Å². The summed E-state index contributed by atoms with van der Waals surface area (Å²) in [4.78, 5) is 14.3. The molecule has 7 heteroatoms. The van der Waals surface area contributed by atoms with Crippen molar-refractivity contribution < 1.29 is 23.1 Å². The van der Waals surface area contributed by atoms with Gasteiger partial charge in [0.1, 0.15) is 10.8 Å². The molecule has 0 saturated carbocycles. The Morgan fingerprint density at radius 2 is 1.90 bits per heavy atom. The lowest BCUT2D eigenvalue weighted by atomic mass is 10.0. The van der Waals surface area contributed by atoms with Crippen LogP contribution in [0.3, 0.4) is 0 Å². The Labute approximate surface area is 116 Å². The van der Waals surface area contributed by atoms with Crippen LogP contribution in [0.4, 0.5) is 13.2 Å². The Morgan fingerprint density at radius 3 is 2.45 bits per heavy atom. The summed E-state index contributed by atoms with van der Waals surface area (Å²) in [5, 5.41) is 8.59. The number of alkyl halides is 3. The molecule has 0 unspecified atom stereocenters. The molecule has 0 aliphatic heterocycles. The lowest BCUT2D eigenvalue weighted by Crippen LogP contribution is -2.05. The number of nitrogens with zero attached hydrogens (tertiary/aromatic N) is 1. The van der Waals surface area contributed by atoms with Gasteiger partial charge in [-0.15, -0.1) is 0 Å². The van der Waals surface area contributed by atoms with Gasteiger partial charge in [-0.1, -0.05) is 23.7 Å². The summed E-state index contributed by atoms with van der Waals surface area (Å²) in [5.41, 5.74) is -0.629. The van der Waals surface area contributed by atoms with Gasteiger partial charge in [-0.2, -0.15) is 13.2 Å². The first kappa shape index (κ1) is 14.3. The first-order chi connectivity index (χ1) is 9.29. The molecular formula is C13H7ClF3NO2. The van der Waals surface area contributed by atoms with E-state index in [1.165, 1.54) is 24.3 Å². The van der Waals surface area contributed by atoms with Crippen molar-refractivity contribution in [1.29, 1.82) is 0 Å². The largest absolute Gasteiger partial charge is 0.477 e. The molecule has 0 fully saturated rings. The molecule has 1 aromatic carbocycles. The molecule has 0 aliphatic rings. The van der Waals surface area contributed by atoms with Crippen molar-refractivity contribution in [3.05, 3.63) is 52.8 Å². The van der Waals surface area contributed by atoms with Crippen LogP contribution in [0, 0.1) is 0 Å². The van der Waals surface area contributed by atoms with Gasteiger partial charge in [-0.05, 0) is 29.8 Å². The van der Waals surface area contributed by atoms with E-state index < -0.39 is 17.7 Å². The molecule has 2 rings (SSSR count). The van der Waals surface area contributed by atoms with Crippen LogP contribution in [0.1, 0.15) is 16.1 Å². The molecule has 3 nitrogen and oxygen atoms in total. The van der Waals surface area contributed by atoms with Crippen molar-refractivity contribution in [3.63, 3.8) is 0 Å². The summed E-state index contributed by atoms with van der Waals surface area (Å²) in [7, 11) is 0. The average molecular weight is 302 g/mol. The van der Waals surface area contributed by atoms with E-state index in [2.05, 4.69) is 4.98 Å². The number of aromatic carboxylic acids is 1. The number of aromatic nitrogens is 1. The zero-order valence-electron chi connectivity index (χ0n) is 9.78. The second-order valence-corrected chi connectivity index (χ2v) is 4.28. The van der Waals surface area contributed by atoms with Crippen LogP contribution in [-0.2, 0) is 6.18 Å². The van der Waals surface area contributed by atoms with Crippen molar-refractivity contribution in [2.24, 2.45) is 0 Å². The molecule has 0 aliphatic carbocycles. The number of carboxylic acids is 1. The van der Waals surface area contributed by atoms with E-state index in [1.807, 2.05) is 0 Å².